The predicted molar refractivity (Wildman–Crippen MR) is 245 cm³/mol. The standard InChI is InChI=1S/C45H53Cl2N5O3.C2H6.CH4/c1-8-39-35(10-9-19-55-34-22-28(2)44(47)29(3)23-34)36-13-14-38(46)43(42-30(4)48-52(31(42)5)25-32-15-20-54-21-16-32)45(36)51(39)18-17-49(6)41-26-50(7)40-24-33(27-53)11-12-37(40)41;1-2;/h8,11-14,22-24,26-27,32,35,39H,1,9-10,15-21,25H2,2-7H3;1-2H3;1H4. The molecule has 312 valence electrons. The van der Waals surface area contributed by atoms with E-state index < -0.39 is 0 Å². The lowest BCUT2D eigenvalue weighted by atomic mass is 9.88. The molecule has 2 aliphatic rings. The molecule has 10 heteroatoms. The van der Waals surface area contributed by atoms with Crippen LogP contribution in [0.15, 0.2) is 61.3 Å². The van der Waals surface area contributed by atoms with Gasteiger partial charge in [0.15, 0.2) is 0 Å². The number of rotatable bonds is 14. The number of hydrogen-bond acceptors (Lipinski definition) is 6. The molecule has 2 unspecified atom stereocenters. The van der Waals surface area contributed by atoms with Gasteiger partial charge in [-0.3, -0.25) is 9.48 Å². The average Bonchev–Trinajstić information content (AvgIpc) is 3.81. The van der Waals surface area contributed by atoms with Crippen molar-refractivity contribution in [3.8, 4) is 16.9 Å². The van der Waals surface area contributed by atoms with Gasteiger partial charge < -0.3 is 23.8 Å². The molecule has 7 rings (SSSR count). The van der Waals surface area contributed by atoms with Gasteiger partial charge in [0.1, 0.15) is 12.0 Å². The number of halogens is 2. The van der Waals surface area contributed by atoms with Crippen LogP contribution in [0.25, 0.3) is 22.0 Å². The molecule has 1 saturated heterocycles. The highest BCUT2D eigenvalue weighted by atomic mass is 35.5. The number of hydrogen-bond donors (Lipinski definition) is 0. The molecule has 0 amide bonds. The van der Waals surface area contributed by atoms with Crippen molar-refractivity contribution in [3.63, 3.8) is 0 Å². The molecule has 2 atom stereocenters. The summed E-state index contributed by atoms with van der Waals surface area (Å²) in [5, 5.41) is 7.75. The van der Waals surface area contributed by atoms with Crippen molar-refractivity contribution in [1.29, 1.82) is 0 Å². The molecule has 3 aromatic carbocycles. The Kier molecular flexibility index (Phi) is 15.2. The van der Waals surface area contributed by atoms with Gasteiger partial charge in [0, 0.05) is 91.9 Å². The van der Waals surface area contributed by atoms with Crippen molar-refractivity contribution >= 4 is 51.8 Å². The van der Waals surface area contributed by atoms with Gasteiger partial charge in [0.25, 0.3) is 0 Å². The normalized spacial score (nSPS) is 16.4. The van der Waals surface area contributed by atoms with Crippen molar-refractivity contribution in [2.24, 2.45) is 13.0 Å². The molecule has 0 spiro atoms. The van der Waals surface area contributed by atoms with Crippen LogP contribution in [-0.2, 0) is 18.3 Å². The van der Waals surface area contributed by atoms with Gasteiger partial charge in [-0.2, -0.15) is 5.10 Å². The molecular formula is C48H63Cl2N5O3. The summed E-state index contributed by atoms with van der Waals surface area (Å²) in [6.07, 6.45) is 9.06. The number of benzene rings is 3. The molecule has 5 aromatic rings. The van der Waals surface area contributed by atoms with Crippen LogP contribution in [-0.4, -0.2) is 66.6 Å². The summed E-state index contributed by atoms with van der Waals surface area (Å²) in [5.41, 5.74) is 11.6. The summed E-state index contributed by atoms with van der Waals surface area (Å²) < 4.78 is 16.2. The van der Waals surface area contributed by atoms with Gasteiger partial charge in [-0.05, 0) is 100 Å². The second kappa shape index (κ2) is 19.7. The van der Waals surface area contributed by atoms with Crippen LogP contribution < -0.4 is 14.5 Å². The monoisotopic (exact) mass is 827 g/mol. The zero-order valence-electron chi connectivity index (χ0n) is 35.0. The Bertz CT molecular complexity index is 2200. The molecule has 2 aliphatic heterocycles. The number of likely N-dealkylation sites (N-methyl/N-ethyl adjacent to an activating group) is 1. The predicted octanol–water partition coefficient (Wildman–Crippen LogP) is 11.9. The van der Waals surface area contributed by atoms with E-state index >= 15 is 0 Å². The topological polar surface area (TPSA) is 64.8 Å². The molecule has 2 aromatic heterocycles. The Hall–Kier alpha value is -4.24. The molecule has 1 fully saturated rings. The highest BCUT2D eigenvalue weighted by molar-refractivity contribution is 6.34. The first-order chi connectivity index (χ1) is 27.5. The average molecular weight is 829 g/mol. The van der Waals surface area contributed by atoms with Crippen LogP contribution in [0.2, 0.25) is 10.0 Å². The maximum atomic E-state index is 11.5. The molecule has 0 bridgehead atoms. The first kappa shape index (κ1) is 44.9. The van der Waals surface area contributed by atoms with Gasteiger partial charge in [-0.1, -0.05) is 68.8 Å². The van der Waals surface area contributed by atoms with Gasteiger partial charge in [0.2, 0.25) is 0 Å². The van der Waals surface area contributed by atoms with E-state index in [0.717, 1.165) is 131 Å². The van der Waals surface area contributed by atoms with Crippen LogP contribution >= 0.6 is 23.2 Å². The number of carbonyl (C=O) groups excluding carboxylic acids is 1. The second-order valence-corrected chi connectivity index (χ2v) is 16.3. The number of nitrogens with zero attached hydrogens (tertiary/aromatic N) is 5. The van der Waals surface area contributed by atoms with Crippen LogP contribution in [0.4, 0.5) is 11.4 Å². The second-order valence-electron chi connectivity index (χ2n) is 15.5. The van der Waals surface area contributed by atoms with E-state index in [0.29, 0.717) is 18.1 Å². The summed E-state index contributed by atoms with van der Waals surface area (Å²) in [5.74, 6) is 1.59. The molecule has 0 radical (unpaired) electrons. The Balaban J connectivity index is 0.00000210. The van der Waals surface area contributed by atoms with E-state index in [9.17, 15) is 4.79 Å². The van der Waals surface area contributed by atoms with Crippen molar-refractivity contribution in [2.45, 2.75) is 93.2 Å². The Morgan fingerprint density at radius 2 is 1.72 bits per heavy atom. The molecule has 58 heavy (non-hydrogen) atoms. The quantitative estimate of drug-likeness (QED) is 0.0631. The lowest BCUT2D eigenvalue weighted by Gasteiger charge is -2.32. The van der Waals surface area contributed by atoms with Crippen LogP contribution in [0.5, 0.6) is 5.75 Å². The lowest BCUT2D eigenvalue weighted by molar-refractivity contribution is 0.0599. The molecule has 0 N–H and O–H groups in total. The fourth-order valence-electron chi connectivity index (χ4n) is 8.89. The zero-order valence-corrected chi connectivity index (χ0v) is 36.5. The third-order valence-corrected chi connectivity index (χ3v) is 12.7. The number of fused-ring (bicyclic) bond motifs is 2. The van der Waals surface area contributed by atoms with Crippen LogP contribution in [0.3, 0.4) is 0 Å². The minimum Gasteiger partial charge on any atom is -0.494 e. The molecule has 4 heterocycles. The summed E-state index contributed by atoms with van der Waals surface area (Å²) in [6, 6.07) is 14.3. The fourth-order valence-corrected chi connectivity index (χ4v) is 9.24. The van der Waals surface area contributed by atoms with E-state index in [1.54, 1.807) is 0 Å². The third-order valence-electron chi connectivity index (χ3n) is 11.8. The number of aromatic nitrogens is 3. The smallest absolute Gasteiger partial charge is 0.150 e. The Morgan fingerprint density at radius 1 is 1.02 bits per heavy atom. The van der Waals surface area contributed by atoms with Gasteiger partial charge in [-0.25, -0.2) is 0 Å². The molecular weight excluding hydrogens is 765 g/mol. The van der Waals surface area contributed by atoms with Crippen LogP contribution in [0, 0.1) is 33.6 Å². The minimum absolute atomic E-state index is 0. The number of anilines is 2. The van der Waals surface area contributed by atoms with Crippen LogP contribution in [0.1, 0.15) is 91.3 Å². The van der Waals surface area contributed by atoms with E-state index in [1.807, 2.05) is 59.0 Å². The highest BCUT2D eigenvalue weighted by Crippen LogP contribution is 2.52. The molecule has 0 saturated carbocycles. The number of aldehydes is 1. The molecule has 8 nitrogen and oxygen atoms in total. The van der Waals surface area contributed by atoms with E-state index in [-0.39, 0.29) is 19.4 Å². The summed E-state index contributed by atoms with van der Waals surface area (Å²) in [4.78, 5) is 16.4. The maximum absolute atomic E-state index is 11.5. The number of aryl methyl sites for hydroxylation is 4. The summed E-state index contributed by atoms with van der Waals surface area (Å²) in [7, 11) is 4.17. The summed E-state index contributed by atoms with van der Waals surface area (Å²) in [6.45, 7) is 21.4. The van der Waals surface area contributed by atoms with Crippen molar-refractivity contribution in [2.75, 3.05) is 49.8 Å². The maximum Gasteiger partial charge on any atom is 0.150 e. The molecule has 0 aliphatic carbocycles. The number of carbonyl (C=O) groups is 1. The van der Waals surface area contributed by atoms with Crippen molar-refractivity contribution < 1.29 is 14.3 Å². The van der Waals surface area contributed by atoms with Gasteiger partial charge in [-0.15, -0.1) is 6.58 Å². The first-order valence-electron chi connectivity index (χ1n) is 20.5. The first-order valence-corrected chi connectivity index (χ1v) is 21.2. The summed E-state index contributed by atoms with van der Waals surface area (Å²) >= 11 is 13.7. The largest absolute Gasteiger partial charge is 0.494 e. The number of ether oxygens (including phenoxy) is 2. The highest BCUT2D eigenvalue weighted by Gasteiger charge is 2.40. The Morgan fingerprint density at radius 3 is 2.40 bits per heavy atom. The SMILES string of the molecule is C.C=CC1C(CCCOc2cc(C)c(Cl)c(C)c2)c2ccc(Cl)c(-c3c(C)nn(CC4CCOCC4)c3C)c2N1CCN(C)c1cn(C)c2cc(C=O)ccc12.CC. The van der Waals surface area contributed by atoms with Crippen molar-refractivity contribution in [3.05, 3.63) is 105 Å². The van der Waals surface area contributed by atoms with E-state index in [1.165, 1.54) is 11.3 Å². The Labute approximate surface area is 356 Å². The van der Waals surface area contributed by atoms with E-state index in [4.69, 9.17) is 37.8 Å². The lowest BCUT2D eigenvalue weighted by Crippen LogP contribution is -2.38. The zero-order chi connectivity index (χ0) is 41.0. The minimum atomic E-state index is 0. The van der Waals surface area contributed by atoms with Gasteiger partial charge in [0.05, 0.1) is 40.3 Å². The van der Waals surface area contributed by atoms with Crippen molar-refractivity contribution in [1.82, 2.24) is 14.3 Å². The van der Waals surface area contributed by atoms with E-state index in [2.05, 4.69) is 77.0 Å². The third kappa shape index (κ3) is 9.00. The van der Waals surface area contributed by atoms with Gasteiger partial charge >= 0.3 is 0 Å². The fraction of sp³-hybridized carbons (Fsp3) is 0.458.